The van der Waals surface area contributed by atoms with E-state index in [4.69, 9.17) is 5.84 Å². The Balaban J connectivity index is 2.58. The summed E-state index contributed by atoms with van der Waals surface area (Å²) < 4.78 is 0. The van der Waals surface area contributed by atoms with Crippen LogP contribution < -0.4 is 11.3 Å². The van der Waals surface area contributed by atoms with Crippen LogP contribution in [0, 0.1) is 0 Å². The fourth-order valence-corrected chi connectivity index (χ4v) is 1.09. The molecule has 0 aromatic heterocycles. The normalized spacial score (nSPS) is 19.8. The van der Waals surface area contributed by atoms with E-state index in [-0.39, 0.29) is 0 Å². The van der Waals surface area contributed by atoms with Gasteiger partial charge in [0.2, 0.25) is 0 Å². The van der Waals surface area contributed by atoms with Crippen molar-refractivity contribution in [3.05, 3.63) is 11.3 Å². The average Bonchev–Trinajstić information content (AvgIpc) is 2.14. The molecule has 0 atom stereocenters. The zero-order valence-electron chi connectivity index (χ0n) is 5.20. The number of nitrogens with two attached hydrogens (primary N) is 1. The number of rotatable bonds is 1. The molecule has 0 saturated carbocycles. The van der Waals surface area contributed by atoms with Gasteiger partial charge in [-0.3, -0.25) is 5.84 Å². The second kappa shape index (κ2) is 2.18. The average molecular weight is 112 g/mol. The molecule has 0 spiro atoms. The molecule has 0 aromatic carbocycles. The Bertz CT molecular complexity index is 116. The first-order valence-electron chi connectivity index (χ1n) is 3.00. The zero-order valence-corrected chi connectivity index (χ0v) is 5.20. The van der Waals surface area contributed by atoms with E-state index >= 15 is 0 Å². The van der Waals surface area contributed by atoms with Gasteiger partial charge in [-0.05, 0) is 26.2 Å². The summed E-state index contributed by atoms with van der Waals surface area (Å²) in [6, 6.07) is 0. The number of nitrogens with one attached hydrogen (secondary N) is 1. The lowest BCUT2D eigenvalue weighted by molar-refractivity contribution is 0.803. The van der Waals surface area contributed by atoms with E-state index in [0.717, 1.165) is 6.42 Å². The molecule has 0 aromatic rings. The van der Waals surface area contributed by atoms with E-state index < -0.39 is 0 Å². The summed E-state index contributed by atoms with van der Waals surface area (Å²) >= 11 is 0. The van der Waals surface area contributed by atoms with Gasteiger partial charge in [0.25, 0.3) is 0 Å². The van der Waals surface area contributed by atoms with Gasteiger partial charge in [-0.15, -0.1) is 0 Å². The third-order valence-electron chi connectivity index (χ3n) is 1.67. The molecular formula is C6H12N2. The number of hydrazine groups is 1. The predicted octanol–water partition coefficient (Wildman–Crippen LogP) is 0.908. The van der Waals surface area contributed by atoms with Crippen molar-refractivity contribution in [2.24, 2.45) is 5.84 Å². The van der Waals surface area contributed by atoms with Gasteiger partial charge in [0.05, 0.1) is 0 Å². The predicted molar refractivity (Wildman–Crippen MR) is 33.9 cm³/mol. The highest BCUT2D eigenvalue weighted by Gasteiger charge is 2.07. The number of hydrogen-bond acceptors (Lipinski definition) is 2. The van der Waals surface area contributed by atoms with Gasteiger partial charge in [0.15, 0.2) is 0 Å². The topological polar surface area (TPSA) is 38.0 Å². The summed E-state index contributed by atoms with van der Waals surface area (Å²) in [5.74, 6) is 5.22. The third-order valence-corrected chi connectivity index (χ3v) is 1.67. The van der Waals surface area contributed by atoms with Crippen LogP contribution in [0.4, 0.5) is 0 Å². The van der Waals surface area contributed by atoms with Gasteiger partial charge >= 0.3 is 0 Å². The molecule has 1 rings (SSSR count). The lowest BCUT2D eigenvalue weighted by Crippen LogP contribution is -2.20. The quantitative estimate of drug-likeness (QED) is 0.391. The van der Waals surface area contributed by atoms with Crippen molar-refractivity contribution in [3.63, 3.8) is 0 Å². The number of allylic oxidation sites excluding steroid dienone is 2. The summed E-state index contributed by atoms with van der Waals surface area (Å²) in [6.45, 7) is 2.13. The van der Waals surface area contributed by atoms with Crippen LogP contribution in [0.3, 0.4) is 0 Å². The Kier molecular flexibility index (Phi) is 1.53. The summed E-state index contributed by atoms with van der Waals surface area (Å²) in [5.41, 5.74) is 5.36. The molecule has 0 fully saturated rings. The van der Waals surface area contributed by atoms with Crippen molar-refractivity contribution >= 4 is 0 Å². The zero-order chi connectivity index (χ0) is 5.98. The first kappa shape index (κ1) is 5.63. The van der Waals surface area contributed by atoms with Crippen molar-refractivity contribution in [2.75, 3.05) is 0 Å². The van der Waals surface area contributed by atoms with Crippen LogP contribution in [-0.2, 0) is 0 Å². The van der Waals surface area contributed by atoms with Gasteiger partial charge in [0.1, 0.15) is 0 Å². The molecule has 0 radical (unpaired) electrons. The Labute approximate surface area is 49.7 Å². The maximum atomic E-state index is 5.22. The van der Waals surface area contributed by atoms with Gasteiger partial charge in [0, 0.05) is 5.70 Å². The molecule has 1 aliphatic rings. The molecule has 8 heavy (non-hydrogen) atoms. The van der Waals surface area contributed by atoms with E-state index in [1.54, 1.807) is 0 Å². The van der Waals surface area contributed by atoms with E-state index in [0.29, 0.717) is 0 Å². The molecule has 0 amide bonds. The first-order chi connectivity index (χ1) is 3.84. The highest BCUT2D eigenvalue weighted by Crippen LogP contribution is 2.21. The molecule has 3 N–H and O–H groups in total. The molecular weight excluding hydrogens is 100 g/mol. The van der Waals surface area contributed by atoms with Crippen molar-refractivity contribution in [1.82, 2.24) is 5.43 Å². The Morgan fingerprint density at radius 2 is 2.25 bits per heavy atom. The number of hydrogen-bond donors (Lipinski definition) is 2. The Morgan fingerprint density at radius 3 is 2.50 bits per heavy atom. The minimum atomic E-state index is 1.14. The molecule has 0 saturated heterocycles. The summed E-state index contributed by atoms with van der Waals surface area (Å²) in [5, 5.41) is 0. The molecule has 0 heterocycles. The van der Waals surface area contributed by atoms with E-state index in [1.807, 2.05) is 0 Å². The molecule has 2 nitrogen and oxygen atoms in total. The van der Waals surface area contributed by atoms with Gasteiger partial charge < -0.3 is 5.43 Å². The Morgan fingerprint density at radius 1 is 1.50 bits per heavy atom. The lowest BCUT2D eigenvalue weighted by atomic mass is 10.3. The second-order valence-corrected chi connectivity index (χ2v) is 2.26. The van der Waals surface area contributed by atoms with E-state index in [2.05, 4.69) is 12.3 Å². The third kappa shape index (κ3) is 0.842. The molecule has 1 aliphatic carbocycles. The van der Waals surface area contributed by atoms with Gasteiger partial charge in [-0.2, -0.15) is 0 Å². The van der Waals surface area contributed by atoms with Crippen LogP contribution in [0.5, 0.6) is 0 Å². The lowest BCUT2D eigenvalue weighted by Gasteiger charge is -1.98. The molecule has 46 valence electrons. The summed E-state index contributed by atoms with van der Waals surface area (Å²) in [7, 11) is 0. The van der Waals surface area contributed by atoms with Gasteiger partial charge in [-0.25, -0.2) is 0 Å². The minimum absolute atomic E-state index is 1.14. The van der Waals surface area contributed by atoms with Crippen LogP contribution in [0.15, 0.2) is 11.3 Å². The van der Waals surface area contributed by atoms with Crippen LogP contribution in [0.2, 0.25) is 0 Å². The largest absolute Gasteiger partial charge is 0.328 e. The van der Waals surface area contributed by atoms with Crippen LogP contribution in [-0.4, -0.2) is 0 Å². The van der Waals surface area contributed by atoms with Crippen LogP contribution in [0.25, 0.3) is 0 Å². The monoisotopic (exact) mass is 112 g/mol. The highest BCUT2D eigenvalue weighted by molar-refractivity contribution is 5.14. The van der Waals surface area contributed by atoms with Crippen molar-refractivity contribution < 1.29 is 0 Å². The fraction of sp³-hybridized carbons (Fsp3) is 0.667. The molecule has 0 bridgehead atoms. The smallest absolute Gasteiger partial charge is 0.0248 e. The van der Waals surface area contributed by atoms with Crippen LogP contribution >= 0.6 is 0 Å². The van der Waals surface area contributed by atoms with Crippen molar-refractivity contribution in [3.8, 4) is 0 Å². The molecule has 0 unspecified atom stereocenters. The summed E-state index contributed by atoms with van der Waals surface area (Å²) in [4.78, 5) is 0. The SMILES string of the molecule is CC1=C(NN)CCC1. The van der Waals surface area contributed by atoms with Gasteiger partial charge in [-0.1, -0.05) is 5.57 Å². The van der Waals surface area contributed by atoms with Crippen molar-refractivity contribution in [2.45, 2.75) is 26.2 Å². The fourth-order valence-electron chi connectivity index (χ4n) is 1.09. The van der Waals surface area contributed by atoms with E-state index in [9.17, 15) is 0 Å². The maximum absolute atomic E-state index is 5.22. The standard InChI is InChI=1S/C6H12N2/c1-5-3-2-4-6(5)8-7/h8H,2-4,7H2,1H3. The minimum Gasteiger partial charge on any atom is -0.328 e. The maximum Gasteiger partial charge on any atom is 0.0248 e. The van der Waals surface area contributed by atoms with E-state index in [1.165, 1.54) is 24.1 Å². The van der Waals surface area contributed by atoms with Crippen LogP contribution in [0.1, 0.15) is 26.2 Å². The summed E-state index contributed by atoms with van der Waals surface area (Å²) in [6.07, 6.45) is 3.63. The first-order valence-corrected chi connectivity index (χ1v) is 3.00. The highest BCUT2D eigenvalue weighted by atomic mass is 15.2. The Hall–Kier alpha value is -0.500. The second-order valence-electron chi connectivity index (χ2n) is 2.26. The van der Waals surface area contributed by atoms with Crippen molar-refractivity contribution in [1.29, 1.82) is 0 Å². The molecule has 0 aliphatic heterocycles. The molecule has 2 heteroatoms.